The molecule has 8 rings (SSSR count). The highest BCUT2D eigenvalue weighted by molar-refractivity contribution is 8.34. The van der Waals surface area contributed by atoms with Crippen LogP contribution >= 0.6 is 27.0 Å². The van der Waals surface area contributed by atoms with Crippen LogP contribution in [-0.4, -0.2) is 0 Å². The van der Waals surface area contributed by atoms with Crippen molar-refractivity contribution in [3.05, 3.63) is 252 Å². The Morgan fingerprint density at radius 1 is 0.241 bits per heavy atom. The summed E-state index contributed by atoms with van der Waals surface area (Å²) in [7, 11) is -7.03. The molecule has 0 aromatic heterocycles. The first-order valence-corrected chi connectivity index (χ1v) is 27.4. The van der Waals surface area contributed by atoms with Gasteiger partial charge in [-0.2, -0.15) is 0 Å². The molecule has 8 aromatic carbocycles. The molecule has 0 N–H and O–H groups in total. The van der Waals surface area contributed by atoms with E-state index in [1.807, 2.05) is 146 Å². The van der Waals surface area contributed by atoms with Crippen LogP contribution in [0.4, 0.5) is 0 Å². The third-order valence-electron chi connectivity index (χ3n) is 9.35. The monoisotopic (exact) mass is 864 g/mol. The Bertz CT molecular complexity index is 2160. The van der Waals surface area contributed by atoms with E-state index in [0.717, 1.165) is 21.2 Å². The molecule has 0 fully saturated rings. The van der Waals surface area contributed by atoms with E-state index >= 15 is 0 Å². The highest BCUT2D eigenvalue weighted by Gasteiger charge is 2.27. The second-order valence-electron chi connectivity index (χ2n) is 13.2. The van der Waals surface area contributed by atoms with Gasteiger partial charge >= 0.3 is 0 Å². The number of benzene rings is 8. The lowest BCUT2D eigenvalue weighted by Gasteiger charge is -2.47. The third-order valence-corrected chi connectivity index (χ3v) is 25.2. The molecule has 0 aliphatic heterocycles. The second kappa shape index (κ2) is 19.0. The molecule has 0 amide bonds. The molecule has 0 saturated heterocycles. The summed E-state index contributed by atoms with van der Waals surface area (Å²) >= 11 is 12.8. The summed E-state index contributed by atoms with van der Waals surface area (Å²) in [5, 5.41) is 6.56. The first kappa shape index (κ1) is 41.6. The van der Waals surface area contributed by atoms with Crippen LogP contribution in [0.2, 0.25) is 0 Å². The molecule has 0 aliphatic carbocycles. The van der Waals surface area contributed by atoms with Gasteiger partial charge in [0.1, 0.15) is 0 Å². The van der Waals surface area contributed by atoms with Crippen molar-refractivity contribution in [3.63, 3.8) is 0 Å². The van der Waals surface area contributed by atoms with Crippen molar-refractivity contribution in [3.8, 4) is 0 Å². The van der Waals surface area contributed by atoms with Gasteiger partial charge in [0.15, 0.2) is 0 Å². The molecule has 0 saturated carbocycles. The average Bonchev–Trinajstić information content (AvgIpc) is 3.31. The van der Waals surface area contributed by atoms with E-state index in [9.17, 15) is 9.13 Å². The number of nitrogens with zero attached hydrogens (tertiary/aromatic N) is 2. The van der Waals surface area contributed by atoms with Gasteiger partial charge in [-0.15, -0.1) is 23.6 Å². The lowest BCUT2D eigenvalue weighted by molar-refractivity contribution is 0.586. The molecule has 288 valence electrons. The SMILES string of the molecule is O=P([N-]P(=O)(c1ccccc1)c1ccccc1)(c1ccccc1)c1ccccc1.S=P([N-]P(=S)(c1ccccc1)c1ccccc1)(c1ccccc1)c1ccccc1. The molecule has 58 heavy (non-hydrogen) atoms. The van der Waals surface area contributed by atoms with Gasteiger partial charge < -0.3 is 18.8 Å². The van der Waals surface area contributed by atoms with Crippen molar-refractivity contribution >= 4 is 93.0 Å². The standard InChI is InChI=1S/C24H20NO2P2.C24H20NP2S2/c26-28(21-13-5-1-6-14-21,22-15-7-2-8-16-22)25-29(27,23-17-9-3-10-18-23)24-19-11-4-12-20-24;28-26(21-13-5-1-6-14-21,22-15-7-2-8-16-22)25-27(29,23-17-9-3-10-18-23)24-19-11-4-12-20-24/h2*1-20H/q2*-1. The molecule has 0 heterocycles. The zero-order valence-electron chi connectivity index (χ0n) is 31.4. The lowest BCUT2D eigenvalue weighted by Crippen LogP contribution is -2.20. The van der Waals surface area contributed by atoms with Gasteiger partial charge in [-0.05, 0) is 42.4 Å². The zero-order chi connectivity index (χ0) is 40.3. The highest BCUT2D eigenvalue weighted by atomic mass is 32.5. The fourth-order valence-corrected chi connectivity index (χ4v) is 22.2. The summed E-state index contributed by atoms with van der Waals surface area (Å²) in [6.07, 6.45) is -4.95. The largest absolute Gasteiger partial charge is 0.577 e. The maximum atomic E-state index is 14.4. The molecular formula is C48H40N2O2P4S2-2. The molecule has 4 nitrogen and oxygen atoms in total. The Morgan fingerprint density at radius 2 is 0.397 bits per heavy atom. The van der Waals surface area contributed by atoms with Crippen molar-refractivity contribution in [2.75, 3.05) is 0 Å². The Hall–Kier alpha value is -4.56. The number of hydrogen-bond donors (Lipinski definition) is 0. The van der Waals surface area contributed by atoms with Crippen LogP contribution in [0, 0.1) is 0 Å². The van der Waals surface area contributed by atoms with E-state index in [-0.39, 0.29) is 0 Å². The van der Waals surface area contributed by atoms with E-state index in [4.69, 9.17) is 33.3 Å². The summed E-state index contributed by atoms with van der Waals surface area (Å²) in [4.78, 5) is 10.2. The Morgan fingerprint density at radius 3 is 0.569 bits per heavy atom. The van der Waals surface area contributed by atoms with Crippen molar-refractivity contribution in [1.29, 1.82) is 0 Å². The van der Waals surface area contributed by atoms with Crippen LogP contribution in [0.3, 0.4) is 0 Å². The van der Waals surface area contributed by atoms with Crippen molar-refractivity contribution in [2.45, 2.75) is 0 Å². The predicted octanol–water partition coefficient (Wildman–Crippen LogP) is 10.7. The third kappa shape index (κ3) is 9.17. The first-order chi connectivity index (χ1) is 28.3. The van der Waals surface area contributed by atoms with Gasteiger partial charge in [-0.25, -0.2) is 0 Å². The molecule has 0 bridgehead atoms. The van der Waals surface area contributed by atoms with Gasteiger partial charge in [-0.3, -0.25) is 0 Å². The topological polar surface area (TPSA) is 62.3 Å². The Labute approximate surface area is 352 Å². The molecule has 0 spiro atoms. The fourth-order valence-electron chi connectivity index (χ4n) is 6.40. The smallest absolute Gasteiger partial charge is 0.0595 e. The minimum absolute atomic E-state index is 0.568. The van der Waals surface area contributed by atoms with Crippen LogP contribution in [0.5, 0.6) is 0 Å². The van der Waals surface area contributed by atoms with Gasteiger partial charge in [0, 0.05) is 0 Å². The van der Waals surface area contributed by atoms with E-state index < -0.39 is 27.0 Å². The summed E-state index contributed by atoms with van der Waals surface area (Å²) < 4.78 is 28.9. The van der Waals surface area contributed by atoms with Gasteiger partial charge in [0.05, 0.1) is 14.6 Å². The van der Waals surface area contributed by atoms with Crippen LogP contribution in [0.25, 0.3) is 9.72 Å². The lowest BCUT2D eigenvalue weighted by atomic mass is 10.4. The van der Waals surface area contributed by atoms with Crippen molar-refractivity contribution in [2.24, 2.45) is 0 Å². The van der Waals surface area contributed by atoms with Crippen LogP contribution in [-0.2, 0) is 32.7 Å². The molecular weight excluding hydrogens is 825 g/mol. The fraction of sp³-hybridized carbons (Fsp3) is 0. The Balaban J connectivity index is 0.000000177. The quantitative estimate of drug-likeness (QED) is 0.115. The zero-order valence-corrected chi connectivity index (χ0v) is 36.6. The van der Waals surface area contributed by atoms with Crippen LogP contribution in [0.1, 0.15) is 0 Å². The summed E-state index contributed by atoms with van der Waals surface area (Å²) in [6.45, 7) is 0. The highest BCUT2D eigenvalue weighted by Crippen LogP contribution is 2.68. The Kier molecular flexibility index (Phi) is 13.6. The number of hydrogen-bond acceptors (Lipinski definition) is 4. The molecule has 0 aliphatic rings. The van der Waals surface area contributed by atoms with Crippen molar-refractivity contribution < 1.29 is 9.13 Å². The average molecular weight is 865 g/mol. The summed E-state index contributed by atoms with van der Waals surface area (Å²) in [5.74, 6) is 0. The van der Waals surface area contributed by atoms with Gasteiger partial charge in [-0.1, -0.05) is 255 Å². The minimum Gasteiger partial charge on any atom is -0.577 e. The van der Waals surface area contributed by atoms with E-state index in [0.29, 0.717) is 21.2 Å². The molecule has 0 unspecified atom stereocenters. The number of rotatable bonds is 12. The summed E-state index contributed by atoms with van der Waals surface area (Å²) in [6, 6.07) is 77.4. The van der Waals surface area contributed by atoms with Crippen LogP contribution < -0.4 is 42.4 Å². The maximum Gasteiger partial charge on any atom is 0.0595 e. The van der Waals surface area contributed by atoms with E-state index in [1.54, 1.807) is 48.5 Å². The molecule has 0 atom stereocenters. The van der Waals surface area contributed by atoms with Gasteiger partial charge in [0.25, 0.3) is 0 Å². The predicted molar refractivity (Wildman–Crippen MR) is 259 cm³/mol. The maximum absolute atomic E-state index is 14.4. The molecule has 10 heteroatoms. The summed E-state index contributed by atoms with van der Waals surface area (Å²) in [5.41, 5.74) is 0. The van der Waals surface area contributed by atoms with Crippen molar-refractivity contribution in [1.82, 2.24) is 0 Å². The molecule has 8 aromatic rings. The second-order valence-corrected chi connectivity index (χ2v) is 26.5. The minimum atomic E-state index is -3.51. The van der Waals surface area contributed by atoms with Gasteiger partial charge in [0.2, 0.25) is 0 Å². The normalized spacial score (nSPS) is 11.9. The van der Waals surface area contributed by atoms with E-state index in [2.05, 4.69) is 48.5 Å². The van der Waals surface area contributed by atoms with Crippen LogP contribution in [0.15, 0.2) is 243 Å². The molecule has 0 radical (unpaired) electrons. The first-order valence-electron chi connectivity index (χ1n) is 18.6. The van der Waals surface area contributed by atoms with E-state index in [1.165, 1.54) is 0 Å².